The molecule has 0 bridgehead atoms. The molecular weight excluding hydrogens is 779 g/mol. The van der Waals surface area contributed by atoms with Gasteiger partial charge in [-0.2, -0.15) is 10.5 Å². The predicted molar refractivity (Wildman–Crippen MR) is 240 cm³/mol. The number of esters is 1. The summed E-state index contributed by atoms with van der Waals surface area (Å²) in [4.78, 5) is 85.2. The van der Waals surface area contributed by atoms with Gasteiger partial charge in [-0.3, -0.25) is 24.0 Å². The van der Waals surface area contributed by atoms with E-state index in [1.165, 1.54) is 0 Å². The normalized spacial score (nSPS) is 26.0. The lowest BCUT2D eigenvalue weighted by Gasteiger charge is -2.45. The zero-order valence-corrected chi connectivity index (χ0v) is 39.5. The van der Waals surface area contributed by atoms with Gasteiger partial charge in [0.25, 0.3) is 5.91 Å². The number of carbonyl (C=O) groups excluding carboxylic acids is 6. The van der Waals surface area contributed by atoms with Crippen LogP contribution in [0.2, 0.25) is 0 Å². The first kappa shape index (κ1) is 48.1. The molecule has 5 fully saturated rings. The second-order valence-electron chi connectivity index (χ2n) is 21.4. The van der Waals surface area contributed by atoms with Crippen molar-refractivity contribution in [2.24, 2.45) is 28.6 Å². The van der Waals surface area contributed by atoms with E-state index < -0.39 is 52.7 Å². The van der Waals surface area contributed by atoms with Gasteiger partial charge in [0, 0.05) is 23.6 Å². The van der Waals surface area contributed by atoms with E-state index >= 15 is 4.79 Å². The Morgan fingerprint density at radius 3 is 2.03 bits per heavy atom. The van der Waals surface area contributed by atoms with E-state index in [2.05, 4.69) is 75.1 Å². The molecule has 5 amide bonds. The van der Waals surface area contributed by atoms with Crippen molar-refractivity contribution in [2.45, 2.75) is 206 Å². The van der Waals surface area contributed by atoms with Crippen LogP contribution in [0.4, 0.5) is 4.79 Å². The van der Waals surface area contributed by atoms with Crippen LogP contribution < -0.4 is 21.3 Å². The van der Waals surface area contributed by atoms with Crippen molar-refractivity contribution in [3.8, 4) is 0 Å². The minimum atomic E-state index is -1.06. The molecule has 4 saturated carbocycles. The summed E-state index contributed by atoms with van der Waals surface area (Å²) in [6.07, 6.45) is 13.8. The standard InChI is InChI=1S/C47H79N5O7S/c1-11-44(6,7)60(12-2)30-47(25-17-14-18-26-47)51-42(58)50-38(46(10)23-15-13-16-24-46)41(57)52-29-32-35(45(32,8)9)36(52)39(55)49-33(28-31-20-19-21-31)37(54)40(56)48-27-22-34(53)59-43(3,4)5/h12,31-33,35-36,38H,11,13-30H2,1-10H3,(H,48,56)(H,49,55)(H2,50,51,58)/t32?,33?,35?,36-,38+,60?/m0/s1. The summed E-state index contributed by atoms with van der Waals surface area (Å²) in [5.74, 6) is -1.71. The molecule has 1 saturated heterocycles. The number of urea groups is 1. The van der Waals surface area contributed by atoms with Gasteiger partial charge in [-0.25, -0.2) is 4.79 Å². The van der Waals surface area contributed by atoms with Gasteiger partial charge in [0.2, 0.25) is 17.6 Å². The van der Waals surface area contributed by atoms with Gasteiger partial charge in [-0.1, -0.05) is 105 Å². The van der Waals surface area contributed by atoms with Gasteiger partial charge >= 0.3 is 12.0 Å². The first-order valence-electron chi connectivity index (χ1n) is 23.3. The fraction of sp³-hybridized carbons (Fsp3) is 0.851. The fourth-order valence-corrected chi connectivity index (χ4v) is 13.2. The van der Waals surface area contributed by atoms with Gasteiger partial charge < -0.3 is 30.9 Å². The van der Waals surface area contributed by atoms with Crippen LogP contribution in [0.1, 0.15) is 172 Å². The number of Topliss-reactive ketones (excluding diaryl/α,β-unsaturated/α-hetero) is 1. The highest BCUT2D eigenvalue weighted by Gasteiger charge is 2.70. The van der Waals surface area contributed by atoms with E-state index in [1.54, 1.807) is 25.7 Å². The van der Waals surface area contributed by atoms with Gasteiger partial charge in [-0.05, 0) is 94.8 Å². The maximum atomic E-state index is 15.2. The Hall–Kier alpha value is -2.96. The summed E-state index contributed by atoms with van der Waals surface area (Å²) in [7, 11) is -0.0227. The Kier molecular flexibility index (Phi) is 15.4. The highest BCUT2D eigenvalue weighted by molar-refractivity contribution is 8.16. The number of hydrogen-bond acceptors (Lipinski definition) is 7. The zero-order chi connectivity index (χ0) is 44.3. The summed E-state index contributed by atoms with van der Waals surface area (Å²) in [6, 6.07) is -3.05. The van der Waals surface area contributed by atoms with Crippen molar-refractivity contribution in [3.05, 3.63) is 0 Å². The molecule has 0 aromatic heterocycles. The number of rotatable bonds is 17. The molecule has 1 aliphatic heterocycles. The number of fused-ring (bicyclic) bond motifs is 1. The van der Waals surface area contributed by atoms with Gasteiger partial charge in [-0.15, -0.1) is 0 Å². The van der Waals surface area contributed by atoms with Crippen molar-refractivity contribution < 1.29 is 33.5 Å². The van der Waals surface area contributed by atoms with Gasteiger partial charge in [0.1, 0.15) is 17.7 Å². The Bertz CT molecular complexity index is 1640. The summed E-state index contributed by atoms with van der Waals surface area (Å²) >= 11 is 0. The smallest absolute Gasteiger partial charge is 0.315 e. The molecule has 1 heterocycles. The number of hydrogen-bond donors (Lipinski definition) is 4. The molecule has 4 aliphatic carbocycles. The van der Waals surface area contributed by atoms with Crippen molar-refractivity contribution >= 4 is 51.4 Å². The van der Waals surface area contributed by atoms with Crippen LogP contribution in [0.15, 0.2) is 0 Å². The van der Waals surface area contributed by atoms with E-state index in [9.17, 15) is 24.0 Å². The summed E-state index contributed by atoms with van der Waals surface area (Å²) in [5.41, 5.74) is -1.72. The molecule has 0 aromatic carbocycles. The van der Waals surface area contributed by atoms with Crippen molar-refractivity contribution in [2.75, 3.05) is 18.8 Å². The van der Waals surface area contributed by atoms with Gasteiger partial charge in [0.05, 0.1) is 18.0 Å². The summed E-state index contributed by atoms with van der Waals surface area (Å²) in [5, 5.41) is 14.6. The Morgan fingerprint density at radius 1 is 0.867 bits per heavy atom. The zero-order valence-electron chi connectivity index (χ0n) is 38.7. The van der Waals surface area contributed by atoms with E-state index in [0.29, 0.717) is 13.0 Å². The maximum absolute atomic E-state index is 15.2. The van der Waals surface area contributed by atoms with E-state index in [-0.39, 0.29) is 68.8 Å². The molecular formula is C47H79N5O7S. The van der Waals surface area contributed by atoms with Crippen LogP contribution in [-0.4, -0.2) is 98.6 Å². The van der Waals surface area contributed by atoms with Crippen LogP contribution >= 0.6 is 10.5 Å². The molecule has 0 spiro atoms. The van der Waals surface area contributed by atoms with Crippen LogP contribution in [0, 0.1) is 28.6 Å². The van der Waals surface area contributed by atoms with Crippen LogP contribution in [0.5, 0.6) is 0 Å². The Morgan fingerprint density at radius 2 is 1.48 bits per heavy atom. The topological polar surface area (TPSA) is 163 Å². The van der Waals surface area contributed by atoms with Crippen LogP contribution in [0.25, 0.3) is 0 Å². The minimum absolute atomic E-state index is 0.0227. The fourth-order valence-electron chi connectivity index (χ4n) is 10.7. The lowest BCUT2D eigenvalue weighted by molar-refractivity contribution is -0.154. The molecule has 4 unspecified atom stereocenters. The molecule has 0 aromatic rings. The molecule has 5 rings (SSSR count). The monoisotopic (exact) mass is 858 g/mol. The molecule has 0 radical (unpaired) electrons. The maximum Gasteiger partial charge on any atom is 0.315 e. The van der Waals surface area contributed by atoms with Gasteiger partial charge in [0.15, 0.2) is 0 Å². The van der Waals surface area contributed by atoms with E-state index in [1.807, 2.05) is 0 Å². The number of ether oxygens (including phenoxy) is 1. The Balaban J connectivity index is 1.36. The molecule has 340 valence electrons. The molecule has 6 atom stereocenters. The Labute approximate surface area is 363 Å². The molecule has 5 aliphatic rings. The average Bonchev–Trinajstić information content (AvgIpc) is 3.45. The summed E-state index contributed by atoms with van der Waals surface area (Å²) < 4.78 is 5.44. The predicted octanol–water partition coefficient (Wildman–Crippen LogP) is 7.18. The highest BCUT2D eigenvalue weighted by Crippen LogP contribution is 2.65. The third-order valence-electron chi connectivity index (χ3n) is 15.1. The van der Waals surface area contributed by atoms with Crippen molar-refractivity contribution in [1.29, 1.82) is 0 Å². The van der Waals surface area contributed by atoms with E-state index in [4.69, 9.17) is 4.74 Å². The SMILES string of the molecule is C/C=S(/CC1(NC(=O)N[C@H](C(=O)N2CC3C([C@H]2C(=O)NC(CC2CCC2)C(=O)C(=O)NCCC(=O)OC(C)(C)C)C3(C)C)C2(C)CCCCC2)CCCCC1)C(C)(C)CC. The third-order valence-corrected chi connectivity index (χ3v) is 18.3. The highest BCUT2D eigenvalue weighted by atomic mass is 32.2. The number of nitrogens with one attached hydrogen (secondary N) is 4. The second-order valence-corrected chi connectivity index (χ2v) is 24.2. The minimum Gasteiger partial charge on any atom is -0.460 e. The second kappa shape index (κ2) is 19.2. The first-order chi connectivity index (χ1) is 28.1. The van der Waals surface area contributed by atoms with E-state index in [0.717, 1.165) is 95.6 Å². The third kappa shape index (κ3) is 11.3. The molecule has 60 heavy (non-hydrogen) atoms. The van der Waals surface area contributed by atoms with Crippen LogP contribution in [0.3, 0.4) is 0 Å². The molecule has 4 N–H and O–H groups in total. The lowest BCUT2D eigenvalue weighted by Crippen LogP contribution is -2.64. The molecule has 12 nitrogen and oxygen atoms in total. The van der Waals surface area contributed by atoms with Crippen molar-refractivity contribution in [3.63, 3.8) is 0 Å². The number of nitrogens with zero attached hydrogens (tertiary/aromatic N) is 1. The lowest BCUT2D eigenvalue weighted by atomic mass is 9.70. The molecule has 13 heteroatoms. The average molecular weight is 858 g/mol. The van der Waals surface area contributed by atoms with Crippen LogP contribution in [-0.2, 0) is 28.7 Å². The first-order valence-corrected chi connectivity index (χ1v) is 24.7. The number of carbonyl (C=O) groups is 6. The number of piperidine rings is 1. The van der Waals surface area contributed by atoms with Crippen molar-refractivity contribution in [1.82, 2.24) is 26.2 Å². The summed E-state index contributed by atoms with van der Waals surface area (Å²) in [6.45, 7) is 21.0. The largest absolute Gasteiger partial charge is 0.460 e. The number of amides is 5. The number of likely N-dealkylation sites (tertiary alicyclic amines) is 1. The number of ketones is 1. The quantitative estimate of drug-likeness (QED) is 0.0684.